The molecule has 1 aromatic carbocycles. The van der Waals surface area contributed by atoms with Crippen LogP contribution in [-0.2, 0) is 10.0 Å². The molecule has 0 unspecified atom stereocenters. The van der Waals surface area contributed by atoms with E-state index in [1.54, 1.807) is 24.3 Å². The highest BCUT2D eigenvalue weighted by atomic mass is 32.2. The molecule has 0 atom stereocenters. The van der Waals surface area contributed by atoms with Gasteiger partial charge in [0.2, 0.25) is 10.0 Å². The maximum absolute atomic E-state index is 12.9. The average Bonchev–Trinajstić information content (AvgIpc) is 2.69. The van der Waals surface area contributed by atoms with E-state index in [0.717, 1.165) is 18.2 Å². The maximum Gasteiger partial charge on any atom is 0.246 e. The minimum atomic E-state index is -3.59. The van der Waals surface area contributed by atoms with E-state index in [4.69, 9.17) is 4.74 Å². The fourth-order valence-corrected chi connectivity index (χ4v) is 4.48. The molecule has 0 spiro atoms. The van der Waals surface area contributed by atoms with Gasteiger partial charge in [0.05, 0.1) is 7.11 Å². The van der Waals surface area contributed by atoms with E-state index in [9.17, 15) is 8.42 Å². The molecule has 1 aliphatic rings. The third-order valence-corrected chi connectivity index (χ3v) is 6.20. The Balaban J connectivity index is 1.69. The highest BCUT2D eigenvalue weighted by Crippen LogP contribution is 2.27. The van der Waals surface area contributed by atoms with E-state index in [1.165, 1.54) is 11.4 Å². The SMILES string of the molecule is CCNc1ccc(N2CCN(S(=O)(=O)c3ccccc3OC)CC2)nn1. The molecule has 1 aliphatic heterocycles. The van der Waals surface area contributed by atoms with Gasteiger partial charge in [0.15, 0.2) is 5.82 Å². The van der Waals surface area contributed by atoms with Crippen molar-refractivity contribution in [2.24, 2.45) is 0 Å². The summed E-state index contributed by atoms with van der Waals surface area (Å²) in [6.45, 7) is 4.67. The second-order valence-electron chi connectivity index (χ2n) is 5.85. The topological polar surface area (TPSA) is 87.7 Å². The summed E-state index contributed by atoms with van der Waals surface area (Å²) < 4.78 is 32.5. The Morgan fingerprint density at radius 3 is 2.42 bits per heavy atom. The number of para-hydroxylation sites is 1. The first kappa shape index (κ1) is 18.4. The summed E-state index contributed by atoms with van der Waals surface area (Å²) in [4.78, 5) is 2.24. The molecule has 0 saturated carbocycles. The van der Waals surface area contributed by atoms with Crippen molar-refractivity contribution in [1.29, 1.82) is 0 Å². The lowest BCUT2D eigenvalue weighted by Gasteiger charge is -2.34. The standard InChI is InChI=1S/C17H23N5O3S/c1-3-18-16-8-9-17(20-19-16)21-10-12-22(13-11-21)26(23,24)15-7-5-4-6-14(15)25-2/h4-9H,3,10-13H2,1-2H3,(H,18,19). The van der Waals surface area contributed by atoms with Crippen LogP contribution < -0.4 is 15.0 Å². The Kier molecular flexibility index (Phi) is 5.58. The largest absolute Gasteiger partial charge is 0.495 e. The van der Waals surface area contributed by atoms with E-state index in [1.807, 2.05) is 24.0 Å². The minimum absolute atomic E-state index is 0.200. The molecule has 0 amide bonds. The molecule has 140 valence electrons. The van der Waals surface area contributed by atoms with Gasteiger partial charge >= 0.3 is 0 Å². The number of benzene rings is 1. The highest BCUT2D eigenvalue weighted by molar-refractivity contribution is 7.89. The average molecular weight is 377 g/mol. The van der Waals surface area contributed by atoms with Gasteiger partial charge in [-0.25, -0.2) is 8.42 Å². The van der Waals surface area contributed by atoms with Crippen molar-refractivity contribution in [3.8, 4) is 5.75 Å². The summed E-state index contributed by atoms with van der Waals surface area (Å²) in [5, 5.41) is 11.5. The number of sulfonamides is 1. The van der Waals surface area contributed by atoms with Crippen LogP contribution in [0.15, 0.2) is 41.3 Å². The van der Waals surface area contributed by atoms with Gasteiger partial charge in [0.1, 0.15) is 16.5 Å². The van der Waals surface area contributed by atoms with Gasteiger partial charge in [-0.3, -0.25) is 0 Å². The second kappa shape index (κ2) is 7.88. The van der Waals surface area contributed by atoms with Crippen LogP contribution in [0.2, 0.25) is 0 Å². The smallest absolute Gasteiger partial charge is 0.246 e. The predicted molar refractivity (Wildman–Crippen MR) is 100 cm³/mol. The minimum Gasteiger partial charge on any atom is -0.495 e. The van der Waals surface area contributed by atoms with Gasteiger partial charge in [-0.05, 0) is 31.2 Å². The normalized spacial score (nSPS) is 15.7. The lowest BCUT2D eigenvalue weighted by atomic mass is 10.3. The van der Waals surface area contributed by atoms with Crippen LogP contribution in [0.3, 0.4) is 0 Å². The van der Waals surface area contributed by atoms with Crippen LogP contribution in [-0.4, -0.2) is 62.8 Å². The van der Waals surface area contributed by atoms with Crippen molar-refractivity contribution in [2.45, 2.75) is 11.8 Å². The molecule has 1 aromatic heterocycles. The fraction of sp³-hybridized carbons (Fsp3) is 0.412. The van der Waals surface area contributed by atoms with Crippen molar-refractivity contribution < 1.29 is 13.2 Å². The molecule has 0 radical (unpaired) electrons. The van der Waals surface area contributed by atoms with Gasteiger partial charge in [-0.15, -0.1) is 10.2 Å². The summed E-state index contributed by atoms with van der Waals surface area (Å²) in [6.07, 6.45) is 0. The van der Waals surface area contributed by atoms with Crippen molar-refractivity contribution in [1.82, 2.24) is 14.5 Å². The van der Waals surface area contributed by atoms with Crippen molar-refractivity contribution >= 4 is 21.7 Å². The highest BCUT2D eigenvalue weighted by Gasteiger charge is 2.31. The molecular formula is C17H23N5O3S. The molecule has 0 aliphatic carbocycles. The summed E-state index contributed by atoms with van der Waals surface area (Å²) >= 11 is 0. The Morgan fingerprint density at radius 1 is 1.08 bits per heavy atom. The molecular weight excluding hydrogens is 354 g/mol. The zero-order valence-electron chi connectivity index (χ0n) is 14.9. The number of nitrogens with one attached hydrogen (secondary N) is 1. The van der Waals surface area contributed by atoms with Crippen LogP contribution in [0, 0.1) is 0 Å². The zero-order chi connectivity index (χ0) is 18.6. The Morgan fingerprint density at radius 2 is 1.81 bits per heavy atom. The molecule has 1 fully saturated rings. The Bertz CT molecular complexity index is 834. The van der Waals surface area contributed by atoms with Crippen LogP contribution in [0.5, 0.6) is 5.75 Å². The number of nitrogens with zero attached hydrogens (tertiary/aromatic N) is 4. The maximum atomic E-state index is 12.9. The van der Waals surface area contributed by atoms with E-state index in [0.29, 0.717) is 31.9 Å². The number of hydrogen-bond acceptors (Lipinski definition) is 7. The first-order valence-corrected chi connectivity index (χ1v) is 9.96. The fourth-order valence-electron chi connectivity index (χ4n) is 2.90. The molecule has 9 heteroatoms. The van der Waals surface area contributed by atoms with E-state index >= 15 is 0 Å². The zero-order valence-corrected chi connectivity index (χ0v) is 15.7. The van der Waals surface area contributed by atoms with E-state index in [-0.39, 0.29) is 4.90 Å². The summed E-state index contributed by atoms with van der Waals surface area (Å²) in [7, 11) is -2.11. The van der Waals surface area contributed by atoms with Gasteiger partial charge in [0, 0.05) is 32.7 Å². The lowest BCUT2D eigenvalue weighted by Crippen LogP contribution is -2.49. The monoisotopic (exact) mass is 377 g/mol. The second-order valence-corrected chi connectivity index (χ2v) is 7.76. The third-order valence-electron chi connectivity index (χ3n) is 4.26. The Labute approximate surface area is 153 Å². The number of piperazine rings is 1. The number of anilines is 2. The van der Waals surface area contributed by atoms with Gasteiger partial charge in [-0.1, -0.05) is 12.1 Å². The quantitative estimate of drug-likeness (QED) is 0.815. The van der Waals surface area contributed by atoms with Crippen LogP contribution in [0.25, 0.3) is 0 Å². The molecule has 8 nitrogen and oxygen atoms in total. The number of aromatic nitrogens is 2. The Hall–Kier alpha value is -2.39. The summed E-state index contributed by atoms with van der Waals surface area (Å²) in [5.41, 5.74) is 0. The molecule has 2 heterocycles. The molecule has 3 rings (SSSR count). The van der Waals surface area contributed by atoms with E-state index in [2.05, 4.69) is 15.5 Å². The molecule has 2 aromatic rings. The molecule has 0 bridgehead atoms. The first-order chi connectivity index (χ1) is 12.6. The van der Waals surface area contributed by atoms with Crippen molar-refractivity contribution in [3.05, 3.63) is 36.4 Å². The molecule has 1 saturated heterocycles. The van der Waals surface area contributed by atoms with Gasteiger partial charge in [-0.2, -0.15) is 4.31 Å². The van der Waals surface area contributed by atoms with Gasteiger partial charge in [0.25, 0.3) is 0 Å². The summed E-state index contributed by atoms with van der Waals surface area (Å²) in [6, 6.07) is 10.5. The van der Waals surface area contributed by atoms with Gasteiger partial charge < -0.3 is 15.0 Å². The summed E-state index contributed by atoms with van der Waals surface area (Å²) in [5.74, 6) is 1.84. The van der Waals surface area contributed by atoms with E-state index < -0.39 is 10.0 Å². The molecule has 1 N–H and O–H groups in total. The number of rotatable bonds is 6. The third kappa shape index (κ3) is 3.73. The number of hydrogen-bond donors (Lipinski definition) is 1. The molecule has 26 heavy (non-hydrogen) atoms. The number of ether oxygens (including phenoxy) is 1. The van der Waals surface area contributed by atoms with Crippen LogP contribution in [0.4, 0.5) is 11.6 Å². The van der Waals surface area contributed by atoms with Crippen molar-refractivity contribution in [2.75, 3.05) is 50.1 Å². The number of methoxy groups -OCH3 is 1. The lowest BCUT2D eigenvalue weighted by molar-refractivity contribution is 0.373. The van der Waals surface area contributed by atoms with Crippen LogP contribution >= 0.6 is 0 Å². The van der Waals surface area contributed by atoms with Crippen molar-refractivity contribution in [3.63, 3.8) is 0 Å². The first-order valence-electron chi connectivity index (χ1n) is 8.52. The van der Waals surface area contributed by atoms with Crippen LogP contribution in [0.1, 0.15) is 6.92 Å². The predicted octanol–water partition coefficient (Wildman–Crippen LogP) is 1.43.